The van der Waals surface area contributed by atoms with E-state index in [1.165, 1.54) is 0 Å². The van der Waals surface area contributed by atoms with E-state index in [2.05, 4.69) is 15.9 Å². The molecule has 0 aliphatic carbocycles. The first kappa shape index (κ1) is 13.9. The first-order valence-corrected chi connectivity index (χ1v) is 6.66. The van der Waals surface area contributed by atoms with Gasteiger partial charge in [-0.1, -0.05) is 28.1 Å². The van der Waals surface area contributed by atoms with Gasteiger partial charge in [0.1, 0.15) is 6.29 Å². The van der Waals surface area contributed by atoms with Gasteiger partial charge < -0.3 is 4.74 Å². The number of halogens is 1. The Morgan fingerprint density at radius 2 is 2.24 bits per heavy atom. The number of carbonyl (C=O) groups excluding carboxylic acids is 2. The maximum Gasteiger partial charge on any atom is 0.338 e. The van der Waals surface area contributed by atoms with Gasteiger partial charge in [0.25, 0.3) is 0 Å². The number of alkyl halides is 1. The number of benzene rings is 1. The number of carbonyl (C=O) groups is 2. The first-order valence-electron chi connectivity index (χ1n) is 5.54. The lowest BCUT2D eigenvalue weighted by molar-refractivity contribution is 0.0525. The van der Waals surface area contributed by atoms with Crippen LogP contribution in [0.1, 0.15) is 39.6 Å². The summed E-state index contributed by atoms with van der Waals surface area (Å²) in [5.74, 6) is -0.360. The highest BCUT2D eigenvalue weighted by atomic mass is 79.9. The number of rotatable bonds is 6. The van der Waals surface area contributed by atoms with Gasteiger partial charge in [-0.05, 0) is 31.4 Å². The summed E-state index contributed by atoms with van der Waals surface area (Å²) in [4.78, 5) is 22.5. The van der Waals surface area contributed by atoms with E-state index in [1.54, 1.807) is 19.1 Å². The molecule has 0 saturated carbocycles. The summed E-state index contributed by atoms with van der Waals surface area (Å²) in [6.07, 6.45) is 2.46. The van der Waals surface area contributed by atoms with Gasteiger partial charge in [0, 0.05) is 10.9 Å². The molecule has 0 spiro atoms. The molecule has 92 valence electrons. The summed E-state index contributed by atoms with van der Waals surface area (Å²) in [5, 5.41) is 0.880. The third-order valence-corrected chi connectivity index (χ3v) is 2.91. The second-order valence-electron chi connectivity index (χ2n) is 3.55. The fourth-order valence-corrected chi connectivity index (χ4v) is 1.82. The van der Waals surface area contributed by atoms with Crippen molar-refractivity contribution in [3.8, 4) is 0 Å². The quantitative estimate of drug-likeness (QED) is 0.461. The molecule has 0 unspecified atom stereocenters. The van der Waals surface area contributed by atoms with Crippen molar-refractivity contribution in [2.45, 2.75) is 19.8 Å². The minimum atomic E-state index is -0.360. The highest BCUT2D eigenvalue weighted by Crippen LogP contribution is 2.15. The SMILES string of the molecule is CCOC(=O)c1cc(C=O)ccc1CCCBr. The van der Waals surface area contributed by atoms with Crippen LogP contribution in [0, 0.1) is 0 Å². The summed E-state index contributed by atoms with van der Waals surface area (Å²) in [6, 6.07) is 5.13. The molecule has 0 heterocycles. The van der Waals surface area contributed by atoms with Gasteiger partial charge in [-0.25, -0.2) is 4.79 Å². The summed E-state index contributed by atoms with van der Waals surface area (Å²) >= 11 is 3.35. The minimum absolute atomic E-state index is 0.335. The molecule has 0 fully saturated rings. The zero-order valence-corrected chi connectivity index (χ0v) is 11.3. The fourth-order valence-electron chi connectivity index (χ4n) is 1.54. The van der Waals surface area contributed by atoms with Crippen molar-refractivity contribution < 1.29 is 14.3 Å². The van der Waals surface area contributed by atoms with Crippen LogP contribution in [-0.2, 0) is 11.2 Å². The molecule has 0 bridgehead atoms. The molecular formula is C13H15BrO3. The van der Waals surface area contributed by atoms with E-state index >= 15 is 0 Å². The highest BCUT2D eigenvalue weighted by molar-refractivity contribution is 9.09. The molecule has 0 saturated heterocycles. The third-order valence-electron chi connectivity index (χ3n) is 2.35. The maximum atomic E-state index is 11.7. The Morgan fingerprint density at radius 3 is 2.82 bits per heavy atom. The summed E-state index contributed by atoms with van der Waals surface area (Å²) in [5.41, 5.74) is 1.92. The predicted molar refractivity (Wildman–Crippen MR) is 69.9 cm³/mol. The van der Waals surface area contributed by atoms with E-state index in [4.69, 9.17) is 4.74 Å². The van der Waals surface area contributed by atoms with Gasteiger partial charge in [-0.3, -0.25) is 4.79 Å². The molecule has 1 aromatic rings. The van der Waals surface area contributed by atoms with Gasteiger partial charge >= 0.3 is 5.97 Å². The Bertz CT molecular complexity index is 402. The zero-order chi connectivity index (χ0) is 12.7. The molecule has 0 atom stereocenters. The smallest absolute Gasteiger partial charge is 0.338 e. The highest BCUT2D eigenvalue weighted by Gasteiger charge is 2.12. The van der Waals surface area contributed by atoms with Crippen LogP contribution in [0.15, 0.2) is 18.2 Å². The maximum absolute atomic E-state index is 11.7. The van der Waals surface area contributed by atoms with Crippen molar-refractivity contribution in [2.75, 3.05) is 11.9 Å². The van der Waals surface area contributed by atoms with Crippen LogP contribution < -0.4 is 0 Å². The number of ether oxygens (including phenoxy) is 1. The van der Waals surface area contributed by atoms with E-state index in [0.717, 1.165) is 30.0 Å². The number of aldehydes is 1. The van der Waals surface area contributed by atoms with Gasteiger partial charge in [-0.15, -0.1) is 0 Å². The molecule has 0 amide bonds. The largest absolute Gasteiger partial charge is 0.462 e. The second kappa shape index (κ2) is 7.22. The van der Waals surface area contributed by atoms with E-state index in [1.807, 2.05) is 6.07 Å². The van der Waals surface area contributed by atoms with E-state index in [0.29, 0.717) is 17.7 Å². The molecule has 1 aromatic carbocycles. The number of hydrogen-bond acceptors (Lipinski definition) is 3. The van der Waals surface area contributed by atoms with Crippen molar-refractivity contribution in [2.24, 2.45) is 0 Å². The lowest BCUT2D eigenvalue weighted by Crippen LogP contribution is -2.09. The van der Waals surface area contributed by atoms with Crippen LogP contribution in [0.4, 0.5) is 0 Å². The van der Waals surface area contributed by atoms with Crippen LogP contribution in [0.5, 0.6) is 0 Å². The lowest BCUT2D eigenvalue weighted by atomic mass is 10.0. The third kappa shape index (κ3) is 3.97. The predicted octanol–water partition coefficient (Wildman–Crippen LogP) is 3.00. The standard InChI is InChI=1S/C13H15BrO3/c1-2-17-13(16)12-8-10(9-15)5-6-11(12)4-3-7-14/h5-6,8-9H,2-4,7H2,1H3. The van der Waals surface area contributed by atoms with E-state index in [-0.39, 0.29) is 5.97 Å². The van der Waals surface area contributed by atoms with Crippen molar-refractivity contribution in [3.05, 3.63) is 34.9 Å². The fraction of sp³-hybridized carbons (Fsp3) is 0.385. The Morgan fingerprint density at radius 1 is 1.47 bits per heavy atom. The summed E-state index contributed by atoms with van der Waals surface area (Å²) in [7, 11) is 0. The summed E-state index contributed by atoms with van der Waals surface area (Å²) in [6.45, 7) is 2.10. The normalized spacial score (nSPS) is 10.0. The number of esters is 1. The lowest BCUT2D eigenvalue weighted by Gasteiger charge is -2.08. The molecule has 3 nitrogen and oxygen atoms in total. The van der Waals surface area contributed by atoms with Gasteiger partial charge in [-0.2, -0.15) is 0 Å². The van der Waals surface area contributed by atoms with Crippen LogP contribution in [0.25, 0.3) is 0 Å². The van der Waals surface area contributed by atoms with Crippen LogP contribution in [0.2, 0.25) is 0 Å². The number of aryl methyl sites for hydroxylation is 1. The van der Waals surface area contributed by atoms with Crippen LogP contribution >= 0.6 is 15.9 Å². The summed E-state index contributed by atoms with van der Waals surface area (Å²) < 4.78 is 4.98. The van der Waals surface area contributed by atoms with Crippen LogP contribution in [0.3, 0.4) is 0 Å². The van der Waals surface area contributed by atoms with Gasteiger partial charge in [0.15, 0.2) is 0 Å². The second-order valence-corrected chi connectivity index (χ2v) is 4.34. The Hall–Kier alpha value is -1.16. The average molecular weight is 299 g/mol. The Kier molecular flexibility index (Phi) is 5.91. The molecule has 0 N–H and O–H groups in total. The minimum Gasteiger partial charge on any atom is -0.462 e. The molecule has 17 heavy (non-hydrogen) atoms. The molecule has 4 heteroatoms. The molecule has 1 rings (SSSR count). The number of hydrogen-bond donors (Lipinski definition) is 0. The zero-order valence-electron chi connectivity index (χ0n) is 9.74. The van der Waals surface area contributed by atoms with E-state index < -0.39 is 0 Å². The topological polar surface area (TPSA) is 43.4 Å². The average Bonchev–Trinajstić information content (AvgIpc) is 2.36. The Labute approximate surface area is 109 Å². The Balaban J connectivity index is 3.02. The monoisotopic (exact) mass is 298 g/mol. The van der Waals surface area contributed by atoms with Crippen molar-refractivity contribution in [3.63, 3.8) is 0 Å². The van der Waals surface area contributed by atoms with Gasteiger partial charge in [0.2, 0.25) is 0 Å². The molecule has 0 aliphatic rings. The van der Waals surface area contributed by atoms with E-state index in [9.17, 15) is 9.59 Å². The van der Waals surface area contributed by atoms with Crippen LogP contribution in [-0.4, -0.2) is 24.2 Å². The van der Waals surface area contributed by atoms with Crippen molar-refractivity contribution >= 4 is 28.2 Å². The van der Waals surface area contributed by atoms with Crippen molar-refractivity contribution in [1.82, 2.24) is 0 Å². The molecule has 0 aliphatic heterocycles. The molecule has 0 radical (unpaired) electrons. The van der Waals surface area contributed by atoms with Gasteiger partial charge in [0.05, 0.1) is 12.2 Å². The molecule has 0 aromatic heterocycles. The molecular weight excluding hydrogens is 284 g/mol. The first-order chi connectivity index (χ1) is 8.22. The van der Waals surface area contributed by atoms with Crippen molar-refractivity contribution in [1.29, 1.82) is 0 Å².